The van der Waals surface area contributed by atoms with Crippen LogP contribution in [0.4, 0.5) is 0 Å². The van der Waals surface area contributed by atoms with Crippen LogP contribution < -0.4 is 5.43 Å². The average Bonchev–Trinajstić information content (AvgIpc) is 3.27. The van der Waals surface area contributed by atoms with Crippen molar-refractivity contribution in [1.82, 2.24) is 20.2 Å². The second-order valence-corrected chi connectivity index (χ2v) is 10.7. The Bertz CT molecular complexity index is 1350. The molecular formula is C29H31N5OS. The molecule has 4 aromatic rings. The van der Waals surface area contributed by atoms with Crippen molar-refractivity contribution in [2.75, 3.05) is 5.75 Å². The average molecular weight is 498 g/mol. The minimum absolute atomic E-state index is 0.0968. The monoisotopic (exact) mass is 497 g/mol. The lowest BCUT2D eigenvalue weighted by Crippen LogP contribution is -2.20. The van der Waals surface area contributed by atoms with E-state index in [1.165, 1.54) is 28.5 Å². The molecule has 1 aromatic heterocycles. The third-order valence-electron chi connectivity index (χ3n) is 5.75. The van der Waals surface area contributed by atoms with Crippen LogP contribution in [0.2, 0.25) is 0 Å². The van der Waals surface area contributed by atoms with Gasteiger partial charge in [-0.3, -0.25) is 9.36 Å². The number of hydrogen-bond acceptors (Lipinski definition) is 5. The molecule has 4 rings (SSSR count). The smallest absolute Gasteiger partial charge is 0.250 e. The lowest BCUT2D eigenvalue weighted by atomic mass is 9.87. The van der Waals surface area contributed by atoms with Gasteiger partial charge in [-0.05, 0) is 42.5 Å². The Morgan fingerprint density at radius 2 is 1.53 bits per heavy atom. The number of aryl methyl sites for hydroxylation is 2. The van der Waals surface area contributed by atoms with Crippen molar-refractivity contribution in [3.63, 3.8) is 0 Å². The lowest BCUT2D eigenvalue weighted by Gasteiger charge is -2.18. The van der Waals surface area contributed by atoms with Crippen molar-refractivity contribution in [2.24, 2.45) is 5.10 Å². The summed E-state index contributed by atoms with van der Waals surface area (Å²) in [4.78, 5) is 12.5. The predicted octanol–water partition coefficient (Wildman–Crippen LogP) is 6.09. The molecule has 1 heterocycles. The van der Waals surface area contributed by atoms with Crippen LogP contribution in [0.5, 0.6) is 0 Å². The number of nitrogens with zero attached hydrogens (tertiary/aromatic N) is 4. The fraction of sp³-hybridized carbons (Fsp3) is 0.241. The number of amides is 1. The molecule has 184 valence electrons. The van der Waals surface area contributed by atoms with Crippen molar-refractivity contribution in [3.8, 4) is 17.1 Å². The van der Waals surface area contributed by atoms with E-state index in [0.717, 1.165) is 22.6 Å². The summed E-state index contributed by atoms with van der Waals surface area (Å²) in [7, 11) is 0. The van der Waals surface area contributed by atoms with Crippen molar-refractivity contribution in [2.45, 2.75) is 45.2 Å². The van der Waals surface area contributed by atoms with Gasteiger partial charge in [0, 0.05) is 11.3 Å². The quantitative estimate of drug-likeness (QED) is 0.190. The first-order valence-electron chi connectivity index (χ1n) is 11.9. The van der Waals surface area contributed by atoms with Crippen LogP contribution in [0.15, 0.2) is 83.1 Å². The number of carbonyl (C=O) groups is 1. The number of rotatable bonds is 7. The highest BCUT2D eigenvalue weighted by Crippen LogP contribution is 2.28. The van der Waals surface area contributed by atoms with Gasteiger partial charge in [-0.25, -0.2) is 5.43 Å². The third-order valence-corrected chi connectivity index (χ3v) is 6.68. The number of aromatic nitrogens is 3. The molecule has 7 heteroatoms. The molecule has 0 atom stereocenters. The molecule has 0 unspecified atom stereocenters. The van der Waals surface area contributed by atoms with Gasteiger partial charge in [0.15, 0.2) is 11.0 Å². The summed E-state index contributed by atoms with van der Waals surface area (Å²) in [6.45, 7) is 10.6. The molecule has 0 aliphatic carbocycles. The van der Waals surface area contributed by atoms with Crippen LogP contribution in [0.1, 0.15) is 43.0 Å². The van der Waals surface area contributed by atoms with E-state index in [2.05, 4.69) is 91.7 Å². The molecule has 1 amide bonds. The maximum absolute atomic E-state index is 12.5. The Hall–Kier alpha value is -3.71. The van der Waals surface area contributed by atoms with E-state index >= 15 is 0 Å². The number of carbonyl (C=O) groups excluding carboxylic acids is 1. The minimum atomic E-state index is -0.210. The van der Waals surface area contributed by atoms with Crippen LogP contribution >= 0.6 is 11.8 Å². The van der Waals surface area contributed by atoms with Crippen LogP contribution in [-0.2, 0) is 10.2 Å². The SMILES string of the molecule is Cc1ccc(-c2nnc(SCC(=O)N/N=C/c3ccc(C(C)(C)C)cc3)n2-c2ccc(C)cc2)cc1. The van der Waals surface area contributed by atoms with Gasteiger partial charge in [0.25, 0.3) is 5.91 Å². The van der Waals surface area contributed by atoms with Gasteiger partial charge < -0.3 is 0 Å². The van der Waals surface area contributed by atoms with Gasteiger partial charge in [0.1, 0.15) is 0 Å². The van der Waals surface area contributed by atoms with Crippen LogP contribution in [0.25, 0.3) is 17.1 Å². The fourth-order valence-electron chi connectivity index (χ4n) is 3.59. The Labute approximate surface area is 216 Å². The molecule has 0 saturated carbocycles. The van der Waals surface area contributed by atoms with Gasteiger partial charge in [0.05, 0.1) is 12.0 Å². The van der Waals surface area contributed by atoms with Gasteiger partial charge in [0.2, 0.25) is 0 Å². The van der Waals surface area contributed by atoms with E-state index in [4.69, 9.17) is 0 Å². The summed E-state index contributed by atoms with van der Waals surface area (Å²) in [5.74, 6) is 0.689. The number of benzene rings is 3. The summed E-state index contributed by atoms with van der Waals surface area (Å²) < 4.78 is 1.99. The van der Waals surface area contributed by atoms with E-state index in [1.807, 2.05) is 41.0 Å². The van der Waals surface area contributed by atoms with Crippen molar-refractivity contribution in [1.29, 1.82) is 0 Å². The van der Waals surface area contributed by atoms with Gasteiger partial charge in [-0.1, -0.05) is 104 Å². The van der Waals surface area contributed by atoms with E-state index < -0.39 is 0 Å². The molecule has 0 aliphatic rings. The summed E-state index contributed by atoms with van der Waals surface area (Å²) in [5.41, 5.74) is 9.15. The van der Waals surface area contributed by atoms with Gasteiger partial charge in [-0.2, -0.15) is 5.10 Å². The van der Waals surface area contributed by atoms with Crippen molar-refractivity contribution < 1.29 is 4.79 Å². The summed E-state index contributed by atoms with van der Waals surface area (Å²) in [6, 6.07) is 24.5. The summed E-state index contributed by atoms with van der Waals surface area (Å²) >= 11 is 1.33. The Kier molecular flexibility index (Phi) is 7.70. The standard InChI is InChI=1S/C29H31N5OS/c1-20-6-12-23(13-7-20)27-32-33-28(34(27)25-16-8-21(2)9-17-25)36-19-26(35)31-30-18-22-10-14-24(15-11-22)29(3,4)5/h6-18H,19H2,1-5H3,(H,31,35)/b30-18+. The molecule has 0 saturated heterocycles. The van der Waals surface area contributed by atoms with Gasteiger partial charge >= 0.3 is 0 Å². The number of hydrogen-bond donors (Lipinski definition) is 1. The number of nitrogens with one attached hydrogen (secondary N) is 1. The molecular weight excluding hydrogens is 466 g/mol. The first-order chi connectivity index (χ1) is 17.2. The maximum Gasteiger partial charge on any atom is 0.250 e. The molecule has 0 aliphatic heterocycles. The highest BCUT2D eigenvalue weighted by Gasteiger charge is 2.17. The van der Waals surface area contributed by atoms with Crippen molar-refractivity contribution in [3.05, 3.63) is 95.1 Å². The molecule has 36 heavy (non-hydrogen) atoms. The lowest BCUT2D eigenvalue weighted by molar-refractivity contribution is -0.118. The maximum atomic E-state index is 12.5. The first-order valence-corrected chi connectivity index (χ1v) is 12.8. The molecule has 0 spiro atoms. The Balaban J connectivity index is 1.46. The third kappa shape index (κ3) is 6.29. The number of thioether (sulfide) groups is 1. The first kappa shape index (κ1) is 25.4. The highest BCUT2D eigenvalue weighted by molar-refractivity contribution is 7.99. The summed E-state index contributed by atoms with van der Waals surface area (Å²) in [6.07, 6.45) is 1.65. The molecule has 1 N–H and O–H groups in total. The normalized spacial score (nSPS) is 11.7. The Morgan fingerprint density at radius 1 is 0.917 bits per heavy atom. The molecule has 6 nitrogen and oxygen atoms in total. The van der Waals surface area contributed by atoms with Crippen LogP contribution in [0, 0.1) is 13.8 Å². The van der Waals surface area contributed by atoms with Crippen LogP contribution in [-0.4, -0.2) is 32.6 Å². The van der Waals surface area contributed by atoms with Crippen molar-refractivity contribution >= 4 is 23.9 Å². The zero-order valence-corrected chi connectivity index (χ0v) is 22.1. The molecule has 0 fully saturated rings. The van der Waals surface area contributed by atoms with E-state index in [-0.39, 0.29) is 17.1 Å². The number of hydrazone groups is 1. The largest absolute Gasteiger partial charge is 0.272 e. The topological polar surface area (TPSA) is 72.2 Å². The van der Waals surface area contributed by atoms with Gasteiger partial charge in [-0.15, -0.1) is 10.2 Å². The highest BCUT2D eigenvalue weighted by atomic mass is 32.2. The van der Waals surface area contributed by atoms with Crippen LogP contribution in [0.3, 0.4) is 0 Å². The minimum Gasteiger partial charge on any atom is -0.272 e. The fourth-order valence-corrected chi connectivity index (χ4v) is 4.33. The molecule has 0 bridgehead atoms. The zero-order chi connectivity index (χ0) is 25.7. The van der Waals surface area contributed by atoms with E-state index in [1.54, 1.807) is 6.21 Å². The Morgan fingerprint density at radius 3 is 2.14 bits per heavy atom. The zero-order valence-electron chi connectivity index (χ0n) is 21.3. The van der Waals surface area contributed by atoms with E-state index in [0.29, 0.717) is 5.16 Å². The second kappa shape index (κ2) is 10.9. The van der Waals surface area contributed by atoms with E-state index in [9.17, 15) is 4.79 Å². The molecule has 0 radical (unpaired) electrons. The predicted molar refractivity (Wildman–Crippen MR) is 148 cm³/mol. The second-order valence-electron chi connectivity index (χ2n) is 9.80. The molecule has 3 aromatic carbocycles. The summed E-state index contributed by atoms with van der Waals surface area (Å²) in [5, 5.41) is 13.6.